The fourth-order valence-electron chi connectivity index (χ4n) is 3.29. The molecule has 1 unspecified atom stereocenters. The summed E-state index contributed by atoms with van der Waals surface area (Å²) < 4.78 is 7.33. The Balaban J connectivity index is 1.77. The van der Waals surface area contributed by atoms with E-state index in [0.29, 0.717) is 6.54 Å². The highest BCUT2D eigenvalue weighted by atomic mass is 16.6. The summed E-state index contributed by atoms with van der Waals surface area (Å²) in [6.45, 7) is 9.18. The second kappa shape index (κ2) is 6.54. The molecule has 1 fully saturated rings. The van der Waals surface area contributed by atoms with Gasteiger partial charge in [-0.1, -0.05) is 0 Å². The van der Waals surface area contributed by atoms with Crippen LogP contribution in [0.1, 0.15) is 39.3 Å². The van der Waals surface area contributed by atoms with E-state index in [2.05, 4.69) is 21.0 Å². The van der Waals surface area contributed by atoms with E-state index in [1.54, 1.807) is 18.1 Å². The highest BCUT2D eigenvalue weighted by Gasteiger charge is 2.30. The van der Waals surface area contributed by atoms with Crippen molar-refractivity contribution < 1.29 is 9.53 Å². The van der Waals surface area contributed by atoms with Gasteiger partial charge in [0.25, 0.3) is 0 Å². The Bertz CT molecular complexity index is 764. The number of carbonyl (C=O) groups is 1. The van der Waals surface area contributed by atoms with Gasteiger partial charge in [0.2, 0.25) is 0 Å². The lowest BCUT2D eigenvalue weighted by Gasteiger charge is -2.31. The lowest BCUT2D eigenvalue weighted by molar-refractivity contribution is 0.0290. The number of aryl methyl sites for hydroxylation is 1. The maximum atomic E-state index is 12.3. The Kier molecular flexibility index (Phi) is 4.58. The number of anilines is 1. The van der Waals surface area contributed by atoms with Crippen LogP contribution in [-0.2, 0) is 4.74 Å². The molecular formula is C18H27N5O2. The highest BCUT2D eigenvalue weighted by Crippen LogP contribution is 2.28. The van der Waals surface area contributed by atoms with Crippen molar-refractivity contribution in [3.63, 3.8) is 0 Å². The summed E-state index contributed by atoms with van der Waals surface area (Å²) in [6.07, 6.45) is 5.47. The quantitative estimate of drug-likeness (QED) is 0.856. The zero-order chi connectivity index (χ0) is 18.2. The monoisotopic (exact) mass is 345 g/mol. The Morgan fingerprint density at radius 3 is 2.92 bits per heavy atom. The van der Waals surface area contributed by atoms with Crippen LogP contribution in [0.15, 0.2) is 18.5 Å². The minimum atomic E-state index is -0.483. The standard InChI is InChI=1S/C18H27N5O2/c1-13-11-15-16(19-8-10-23(15)20-13)22-9-6-7-14(22)12-21(5)17(24)25-18(2,3)4/h8,10-11,14H,6-7,9,12H2,1-5H3. The molecule has 7 heteroatoms. The SMILES string of the molecule is Cc1cc2c(N3CCCC3CN(C)C(=O)OC(C)(C)C)nccn2n1. The summed E-state index contributed by atoms with van der Waals surface area (Å²) in [5, 5.41) is 4.47. The molecule has 136 valence electrons. The third-order valence-corrected chi connectivity index (χ3v) is 4.33. The Labute approximate surface area is 148 Å². The van der Waals surface area contributed by atoms with Crippen molar-refractivity contribution in [2.75, 3.05) is 25.0 Å². The molecule has 1 aliphatic rings. The minimum absolute atomic E-state index is 0.228. The maximum absolute atomic E-state index is 12.3. The molecule has 0 spiro atoms. The van der Waals surface area contributed by atoms with Gasteiger partial charge in [0.15, 0.2) is 5.82 Å². The highest BCUT2D eigenvalue weighted by molar-refractivity contribution is 5.70. The second-order valence-corrected chi connectivity index (χ2v) is 7.72. The summed E-state index contributed by atoms with van der Waals surface area (Å²) in [7, 11) is 1.79. The van der Waals surface area contributed by atoms with Crippen LogP contribution in [0.3, 0.4) is 0 Å². The molecule has 2 aromatic heterocycles. The molecule has 0 aliphatic carbocycles. The number of rotatable bonds is 3. The molecule has 2 aromatic rings. The number of ether oxygens (including phenoxy) is 1. The van der Waals surface area contributed by atoms with Crippen molar-refractivity contribution in [3.8, 4) is 0 Å². The Morgan fingerprint density at radius 2 is 2.20 bits per heavy atom. The van der Waals surface area contributed by atoms with Crippen LogP contribution >= 0.6 is 0 Å². The molecule has 7 nitrogen and oxygen atoms in total. The van der Waals surface area contributed by atoms with Crippen molar-refractivity contribution in [1.29, 1.82) is 0 Å². The first-order valence-corrected chi connectivity index (χ1v) is 8.76. The zero-order valence-corrected chi connectivity index (χ0v) is 15.7. The number of fused-ring (bicyclic) bond motifs is 1. The molecule has 1 amide bonds. The normalized spacial score (nSPS) is 18.0. The fraction of sp³-hybridized carbons (Fsp3) is 0.611. The lowest BCUT2D eigenvalue weighted by Crippen LogP contribution is -2.43. The van der Waals surface area contributed by atoms with E-state index < -0.39 is 5.60 Å². The molecule has 0 N–H and O–H groups in total. The van der Waals surface area contributed by atoms with Gasteiger partial charge < -0.3 is 14.5 Å². The number of aromatic nitrogens is 3. The van der Waals surface area contributed by atoms with Gasteiger partial charge in [-0.25, -0.2) is 14.3 Å². The molecular weight excluding hydrogens is 318 g/mol. The van der Waals surface area contributed by atoms with Crippen molar-refractivity contribution in [2.24, 2.45) is 0 Å². The Morgan fingerprint density at radius 1 is 1.44 bits per heavy atom. The summed E-state index contributed by atoms with van der Waals surface area (Å²) in [6, 6.07) is 2.28. The van der Waals surface area contributed by atoms with Crippen LogP contribution in [0.2, 0.25) is 0 Å². The lowest BCUT2D eigenvalue weighted by atomic mass is 10.2. The topological polar surface area (TPSA) is 63.0 Å². The summed E-state index contributed by atoms with van der Waals surface area (Å²) >= 11 is 0. The van der Waals surface area contributed by atoms with E-state index in [0.717, 1.165) is 36.4 Å². The minimum Gasteiger partial charge on any atom is -0.444 e. The van der Waals surface area contributed by atoms with E-state index in [4.69, 9.17) is 4.74 Å². The van der Waals surface area contributed by atoms with Gasteiger partial charge in [-0.3, -0.25) is 0 Å². The Hall–Kier alpha value is -2.31. The predicted molar refractivity (Wildman–Crippen MR) is 97.0 cm³/mol. The van der Waals surface area contributed by atoms with Crippen molar-refractivity contribution in [2.45, 2.75) is 52.2 Å². The van der Waals surface area contributed by atoms with E-state index in [-0.39, 0.29) is 12.1 Å². The number of hydrogen-bond acceptors (Lipinski definition) is 5. The van der Waals surface area contributed by atoms with Crippen molar-refractivity contribution in [3.05, 3.63) is 24.2 Å². The summed E-state index contributed by atoms with van der Waals surface area (Å²) in [4.78, 5) is 20.8. The summed E-state index contributed by atoms with van der Waals surface area (Å²) in [5.41, 5.74) is 1.49. The zero-order valence-electron chi connectivity index (χ0n) is 15.7. The van der Waals surface area contributed by atoms with Gasteiger partial charge in [-0.15, -0.1) is 0 Å². The second-order valence-electron chi connectivity index (χ2n) is 7.72. The largest absolute Gasteiger partial charge is 0.444 e. The van der Waals surface area contributed by atoms with Crippen LogP contribution in [0.5, 0.6) is 0 Å². The van der Waals surface area contributed by atoms with Gasteiger partial charge >= 0.3 is 6.09 Å². The van der Waals surface area contributed by atoms with Crippen LogP contribution in [0.25, 0.3) is 5.52 Å². The molecule has 1 atom stereocenters. The first-order chi connectivity index (χ1) is 11.7. The third kappa shape index (κ3) is 3.86. The number of amides is 1. The van der Waals surface area contributed by atoms with E-state index in [1.807, 2.05) is 38.4 Å². The van der Waals surface area contributed by atoms with Crippen LogP contribution in [0, 0.1) is 6.92 Å². The van der Waals surface area contributed by atoms with Gasteiger partial charge in [-0.2, -0.15) is 5.10 Å². The fourth-order valence-corrected chi connectivity index (χ4v) is 3.29. The average Bonchev–Trinajstić information content (AvgIpc) is 3.10. The third-order valence-electron chi connectivity index (χ3n) is 4.33. The molecule has 3 rings (SSSR count). The molecule has 1 aliphatic heterocycles. The van der Waals surface area contributed by atoms with Crippen LogP contribution < -0.4 is 4.90 Å². The molecule has 3 heterocycles. The van der Waals surface area contributed by atoms with Gasteiger partial charge in [0, 0.05) is 38.6 Å². The molecule has 0 aromatic carbocycles. The van der Waals surface area contributed by atoms with Gasteiger partial charge in [-0.05, 0) is 46.6 Å². The molecule has 0 bridgehead atoms. The van der Waals surface area contributed by atoms with Crippen molar-refractivity contribution >= 4 is 17.4 Å². The first-order valence-electron chi connectivity index (χ1n) is 8.76. The average molecular weight is 345 g/mol. The number of hydrogen-bond donors (Lipinski definition) is 0. The maximum Gasteiger partial charge on any atom is 0.410 e. The smallest absolute Gasteiger partial charge is 0.410 e. The van der Waals surface area contributed by atoms with Gasteiger partial charge in [0.05, 0.1) is 5.69 Å². The number of nitrogens with zero attached hydrogens (tertiary/aromatic N) is 5. The number of likely N-dealkylation sites (N-methyl/N-ethyl adjacent to an activating group) is 1. The van der Waals surface area contributed by atoms with E-state index in [9.17, 15) is 4.79 Å². The number of carbonyl (C=O) groups excluding carboxylic acids is 1. The van der Waals surface area contributed by atoms with Crippen LogP contribution in [0.4, 0.5) is 10.6 Å². The molecule has 0 saturated carbocycles. The van der Waals surface area contributed by atoms with E-state index >= 15 is 0 Å². The first kappa shape index (κ1) is 17.5. The molecule has 0 radical (unpaired) electrons. The summed E-state index contributed by atoms with van der Waals surface area (Å²) in [5.74, 6) is 0.934. The molecule has 25 heavy (non-hydrogen) atoms. The molecule has 1 saturated heterocycles. The van der Waals surface area contributed by atoms with Crippen LogP contribution in [-0.4, -0.2) is 57.4 Å². The predicted octanol–water partition coefficient (Wildman–Crippen LogP) is 2.87. The van der Waals surface area contributed by atoms with Gasteiger partial charge in [0.1, 0.15) is 11.1 Å². The van der Waals surface area contributed by atoms with Crippen molar-refractivity contribution in [1.82, 2.24) is 19.5 Å². The van der Waals surface area contributed by atoms with E-state index in [1.165, 1.54) is 0 Å².